The molecular formula is C12H15NOS. The lowest BCUT2D eigenvalue weighted by Gasteiger charge is -2.09. The lowest BCUT2D eigenvalue weighted by molar-refractivity contribution is 0.289. The van der Waals surface area contributed by atoms with Crippen LogP contribution in [0.1, 0.15) is 24.5 Å². The molecule has 1 atom stereocenters. The van der Waals surface area contributed by atoms with E-state index in [4.69, 9.17) is 10.4 Å². The number of rotatable bonds is 5. The summed E-state index contributed by atoms with van der Waals surface area (Å²) in [7, 11) is 0. The van der Waals surface area contributed by atoms with E-state index in [0.717, 1.165) is 12.2 Å². The Balaban J connectivity index is 2.47. The van der Waals surface area contributed by atoms with Crippen molar-refractivity contribution in [1.29, 1.82) is 5.26 Å². The van der Waals surface area contributed by atoms with Crippen LogP contribution in [0.3, 0.4) is 0 Å². The summed E-state index contributed by atoms with van der Waals surface area (Å²) in [6.45, 7) is 2.35. The number of benzene rings is 1. The van der Waals surface area contributed by atoms with Crippen molar-refractivity contribution in [3.63, 3.8) is 0 Å². The number of nitriles is 1. The van der Waals surface area contributed by atoms with E-state index in [1.165, 1.54) is 5.56 Å². The summed E-state index contributed by atoms with van der Waals surface area (Å²) >= 11 is 1.80. The first-order chi connectivity index (χ1) is 7.26. The molecule has 0 saturated carbocycles. The highest BCUT2D eigenvalue weighted by Gasteiger charge is 2.02. The van der Waals surface area contributed by atoms with Crippen molar-refractivity contribution in [2.24, 2.45) is 0 Å². The zero-order chi connectivity index (χ0) is 11.1. The van der Waals surface area contributed by atoms with Crippen molar-refractivity contribution < 1.29 is 5.11 Å². The molecule has 1 aromatic carbocycles. The van der Waals surface area contributed by atoms with Gasteiger partial charge in [-0.25, -0.2) is 0 Å². The fourth-order valence-corrected chi connectivity index (χ4v) is 2.16. The summed E-state index contributed by atoms with van der Waals surface area (Å²) in [6, 6.07) is 9.79. The van der Waals surface area contributed by atoms with Gasteiger partial charge in [0.05, 0.1) is 11.6 Å². The van der Waals surface area contributed by atoms with Crippen LogP contribution in [-0.4, -0.2) is 17.0 Å². The summed E-state index contributed by atoms with van der Waals surface area (Å²) in [5, 5.41) is 18.0. The van der Waals surface area contributed by atoms with Gasteiger partial charge in [-0.15, -0.1) is 0 Å². The number of hydrogen-bond acceptors (Lipinski definition) is 3. The smallest absolute Gasteiger partial charge is 0.0991 e. The Morgan fingerprint density at radius 3 is 3.00 bits per heavy atom. The van der Waals surface area contributed by atoms with E-state index in [1.54, 1.807) is 11.8 Å². The Morgan fingerprint density at radius 2 is 2.33 bits per heavy atom. The minimum atomic E-state index is 0.242. The Morgan fingerprint density at radius 1 is 1.53 bits per heavy atom. The molecule has 0 amide bonds. The molecule has 1 rings (SSSR count). The van der Waals surface area contributed by atoms with Crippen LogP contribution in [0.4, 0.5) is 0 Å². The highest BCUT2D eigenvalue weighted by Crippen LogP contribution is 2.20. The lowest BCUT2D eigenvalue weighted by Crippen LogP contribution is -1.99. The van der Waals surface area contributed by atoms with Crippen molar-refractivity contribution in [2.75, 3.05) is 6.61 Å². The van der Waals surface area contributed by atoms with Crippen molar-refractivity contribution >= 4 is 11.8 Å². The molecular weight excluding hydrogens is 206 g/mol. The highest BCUT2D eigenvalue weighted by molar-refractivity contribution is 7.99. The maximum atomic E-state index is 8.76. The zero-order valence-corrected chi connectivity index (χ0v) is 9.63. The lowest BCUT2D eigenvalue weighted by atomic mass is 10.2. The zero-order valence-electron chi connectivity index (χ0n) is 8.81. The summed E-state index contributed by atoms with van der Waals surface area (Å²) in [5.41, 5.74) is 1.88. The molecule has 0 aliphatic carbocycles. The van der Waals surface area contributed by atoms with Crippen molar-refractivity contribution in [1.82, 2.24) is 0 Å². The van der Waals surface area contributed by atoms with Gasteiger partial charge < -0.3 is 5.11 Å². The first kappa shape index (κ1) is 12.1. The first-order valence-electron chi connectivity index (χ1n) is 4.97. The van der Waals surface area contributed by atoms with E-state index in [1.807, 2.05) is 24.3 Å². The fourth-order valence-electron chi connectivity index (χ4n) is 1.23. The molecule has 1 aromatic rings. The molecule has 80 valence electrons. The van der Waals surface area contributed by atoms with Crippen LogP contribution in [0.5, 0.6) is 0 Å². The van der Waals surface area contributed by atoms with Crippen LogP contribution in [-0.2, 0) is 5.75 Å². The second-order valence-electron chi connectivity index (χ2n) is 3.45. The number of hydrogen-bond donors (Lipinski definition) is 1. The van der Waals surface area contributed by atoms with Gasteiger partial charge in [0.1, 0.15) is 0 Å². The molecule has 2 nitrogen and oxygen atoms in total. The molecule has 0 aliphatic heterocycles. The van der Waals surface area contributed by atoms with Crippen LogP contribution in [0, 0.1) is 11.3 Å². The number of aliphatic hydroxyl groups excluding tert-OH is 1. The van der Waals surface area contributed by atoms with Crippen LogP contribution >= 0.6 is 11.8 Å². The van der Waals surface area contributed by atoms with Gasteiger partial charge in [-0.3, -0.25) is 0 Å². The number of thioether (sulfide) groups is 1. The molecule has 0 radical (unpaired) electrons. The van der Waals surface area contributed by atoms with Crippen LogP contribution in [0.2, 0.25) is 0 Å². The highest BCUT2D eigenvalue weighted by atomic mass is 32.2. The SMILES string of the molecule is CC(CCO)SCc1cccc(C#N)c1. The van der Waals surface area contributed by atoms with E-state index >= 15 is 0 Å². The van der Waals surface area contributed by atoms with Crippen LogP contribution in [0.15, 0.2) is 24.3 Å². The average Bonchev–Trinajstić information content (AvgIpc) is 2.27. The normalized spacial score (nSPS) is 12.1. The van der Waals surface area contributed by atoms with E-state index in [-0.39, 0.29) is 6.61 Å². The van der Waals surface area contributed by atoms with Crippen molar-refractivity contribution in [3.8, 4) is 6.07 Å². The van der Waals surface area contributed by atoms with Crippen molar-refractivity contribution in [3.05, 3.63) is 35.4 Å². The van der Waals surface area contributed by atoms with Gasteiger partial charge >= 0.3 is 0 Å². The predicted octanol–water partition coefficient (Wildman–Crippen LogP) is 2.56. The maximum Gasteiger partial charge on any atom is 0.0991 e. The van der Waals surface area contributed by atoms with Gasteiger partial charge in [0.25, 0.3) is 0 Å². The number of nitrogens with zero attached hydrogens (tertiary/aromatic N) is 1. The van der Waals surface area contributed by atoms with Gasteiger partial charge in [-0.1, -0.05) is 19.1 Å². The molecule has 0 saturated heterocycles. The molecule has 0 aromatic heterocycles. The largest absolute Gasteiger partial charge is 0.396 e. The minimum Gasteiger partial charge on any atom is -0.396 e. The van der Waals surface area contributed by atoms with Crippen LogP contribution in [0.25, 0.3) is 0 Å². The third-order valence-corrected chi connectivity index (χ3v) is 3.43. The third kappa shape index (κ3) is 4.37. The first-order valence-corrected chi connectivity index (χ1v) is 6.02. The van der Waals surface area contributed by atoms with Gasteiger partial charge in [0, 0.05) is 17.6 Å². The quantitative estimate of drug-likeness (QED) is 0.831. The molecule has 0 heterocycles. The summed E-state index contributed by atoms with van der Waals surface area (Å²) in [5.74, 6) is 0.899. The van der Waals surface area contributed by atoms with Gasteiger partial charge in [-0.2, -0.15) is 17.0 Å². The van der Waals surface area contributed by atoms with Gasteiger partial charge in [0.15, 0.2) is 0 Å². The van der Waals surface area contributed by atoms with E-state index in [9.17, 15) is 0 Å². The third-order valence-electron chi connectivity index (χ3n) is 2.13. The molecule has 0 spiro atoms. The summed E-state index contributed by atoms with van der Waals surface area (Å²) < 4.78 is 0. The van der Waals surface area contributed by atoms with Gasteiger partial charge in [0.2, 0.25) is 0 Å². The van der Waals surface area contributed by atoms with Gasteiger partial charge in [-0.05, 0) is 24.1 Å². The molecule has 1 unspecified atom stereocenters. The van der Waals surface area contributed by atoms with Crippen molar-refractivity contribution in [2.45, 2.75) is 24.3 Å². The monoisotopic (exact) mass is 221 g/mol. The molecule has 15 heavy (non-hydrogen) atoms. The van der Waals surface area contributed by atoms with E-state index < -0.39 is 0 Å². The van der Waals surface area contributed by atoms with E-state index in [0.29, 0.717) is 10.8 Å². The summed E-state index contributed by atoms with van der Waals surface area (Å²) in [4.78, 5) is 0. The Hall–Kier alpha value is -0.980. The molecule has 0 aliphatic rings. The Labute approximate surface area is 94.9 Å². The molecule has 1 N–H and O–H groups in total. The molecule has 0 fully saturated rings. The van der Waals surface area contributed by atoms with Crippen LogP contribution < -0.4 is 0 Å². The second kappa shape index (κ2) is 6.49. The number of aliphatic hydroxyl groups is 1. The Kier molecular flexibility index (Phi) is 5.23. The predicted molar refractivity (Wildman–Crippen MR) is 63.6 cm³/mol. The summed E-state index contributed by atoms with van der Waals surface area (Å²) in [6.07, 6.45) is 0.822. The molecule has 3 heteroatoms. The topological polar surface area (TPSA) is 44.0 Å². The minimum absolute atomic E-state index is 0.242. The van der Waals surface area contributed by atoms with E-state index in [2.05, 4.69) is 13.0 Å². The average molecular weight is 221 g/mol. The molecule has 0 bridgehead atoms. The second-order valence-corrected chi connectivity index (χ2v) is 4.87. The standard InChI is InChI=1S/C12H15NOS/c1-10(5-6-14)15-9-12-4-2-3-11(7-12)8-13/h2-4,7,10,14H,5-6,9H2,1H3. The fraction of sp³-hybridized carbons (Fsp3) is 0.417. The maximum absolute atomic E-state index is 8.76. The Bertz CT molecular complexity index is 346.